The van der Waals surface area contributed by atoms with Crippen molar-refractivity contribution in [2.24, 2.45) is 5.92 Å². The maximum atomic E-state index is 13.4. The molecule has 38 heavy (non-hydrogen) atoms. The lowest BCUT2D eigenvalue weighted by Crippen LogP contribution is -2.37. The number of halogens is 1. The molecule has 3 rings (SSSR count). The first-order valence-corrected chi connectivity index (χ1v) is 18.4. The van der Waals surface area contributed by atoms with Crippen LogP contribution < -0.4 is 10.2 Å². The number of carbonyl (C=O) groups is 1. The van der Waals surface area contributed by atoms with Crippen LogP contribution in [0.4, 0.5) is 17.3 Å². The van der Waals surface area contributed by atoms with Crippen LogP contribution in [-0.4, -0.2) is 52.0 Å². The van der Waals surface area contributed by atoms with Crippen LogP contribution in [0.15, 0.2) is 35.5 Å². The lowest BCUT2D eigenvalue weighted by Gasteiger charge is -2.28. The highest BCUT2D eigenvalue weighted by atomic mass is 35.5. The Balaban J connectivity index is 1.75. The van der Waals surface area contributed by atoms with Crippen LogP contribution in [0.25, 0.3) is 0 Å². The summed E-state index contributed by atoms with van der Waals surface area (Å²) in [5.41, 5.74) is 0.460. The van der Waals surface area contributed by atoms with E-state index in [0.717, 1.165) is 43.7 Å². The van der Waals surface area contributed by atoms with E-state index in [1.54, 1.807) is 18.5 Å². The van der Waals surface area contributed by atoms with Crippen molar-refractivity contribution in [3.8, 4) is 0 Å². The summed E-state index contributed by atoms with van der Waals surface area (Å²) in [6.45, 7) is 7.86. The molecule has 11 heteroatoms. The minimum absolute atomic E-state index is 0.0235. The van der Waals surface area contributed by atoms with E-state index >= 15 is 0 Å². The molecule has 0 spiro atoms. The molecule has 8 nitrogen and oxygen atoms in total. The molecule has 2 aromatic rings. The van der Waals surface area contributed by atoms with Crippen molar-refractivity contribution in [3.63, 3.8) is 0 Å². The van der Waals surface area contributed by atoms with Gasteiger partial charge in [0.1, 0.15) is 5.82 Å². The molecule has 210 valence electrons. The molecular formula is C27H41ClN4O4SSi. The molecule has 1 amide bonds. The summed E-state index contributed by atoms with van der Waals surface area (Å²) >= 11 is 6.32. The Morgan fingerprint density at radius 1 is 1.13 bits per heavy atom. The third-order valence-corrected chi connectivity index (χ3v) is 13.9. The zero-order valence-corrected chi connectivity index (χ0v) is 25.6. The Bertz CT molecular complexity index is 1160. The summed E-state index contributed by atoms with van der Waals surface area (Å²) in [5.74, 6) is 1.40. The Kier molecular flexibility index (Phi) is 11.1. The largest absolute Gasteiger partial charge is 0.415 e. The third-order valence-electron chi connectivity index (χ3n) is 7.68. The molecule has 0 unspecified atom stereocenters. The Morgan fingerprint density at radius 3 is 2.37 bits per heavy atom. The van der Waals surface area contributed by atoms with Gasteiger partial charge >= 0.3 is 0 Å². The summed E-state index contributed by atoms with van der Waals surface area (Å²) in [7, 11) is -5.13. The molecule has 1 aromatic heterocycles. The molecule has 1 aliphatic rings. The van der Waals surface area contributed by atoms with Crippen LogP contribution >= 0.6 is 11.6 Å². The fourth-order valence-corrected chi connectivity index (χ4v) is 9.07. The number of anilines is 3. The van der Waals surface area contributed by atoms with Crippen LogP contribution in [0, 0.1) is 5.92 Å². The van der Waals surface area contributed by atoms with Crippen LogP contribution in [0.3, 0.4) is 0 Å². The van der Waals surface area contributed by atoms with Crippen molar-refractivity contribution >= 4 is 53.0 Å². The van der Waals surface area contributed by atoms with E-state index in [9.17, 15) is 13.2 Å². The second kappa shape index (κ2) is 13.9. The number of benzene rings is 1. The first kappa shape index (κ1) is 30.5. The number of carbonyl (C=O) groups excluding carboxylic acids is 1. The molecule has 1 aromatic carbocycles. The molecule has 1 aliphatic carbocycles. The third kappa shape index (κ3) is 8.00. The second-order valence-corrected chi connectivity index (χ2v) is 17.3. The van der Waals surface area contributed by atoms with Crippen LogP contribution in [0.1, 0.15) is 59.3 Å². The van der Waals surface area contributed by atoms with E-state index < -0.39 is 18.2 Å². The predicted molar refractivity (Wildman–Crippen MR) is 157 cm³/mol. The second-order valence-electron chi connectivity index (χ2n) is 10.1. The van der Waals surface area contributed by atoms with Gasteiger partial charge in [0, 0.05) is 19.2 Å². The predicted octanol–water partition coefficient (Wildman–Crippen LogP) is 6.60. The monoisotopic (exact) mass is 580 g/mol. The van der Waals surface area contributed by atoms with E-state index in [4.69, 9.17) is 16.0 Å². The average Bonchev–Trinajstić information content (AvgIpc) is 3.42. The van der Waals surface area contributed by atoms with Gasteiger partial charge in [-0.1, -0.05) is 58.1 Å². The van der Waals surface area contributed by atoms with Gasteiger partial charge in [-0.3, -0.25) is 9.69 Å². The molecule has 0 aliphatic heterocycles. The fourth-order valence-electron chi connectivity index (χ4n) is 5.10. The minimum atomic E-state index is -3.49. The quantitative estimate of drug-likeness (QED) is 0.198. The number of amides is 1. The molecule has 0 radical (unpaired) electrons. The van der Waals surface area contributed by atoms with Crippen molar-refractivity contribution in [1.29, 1.82) is 0 Å². The topological polar surface area (TPSA) is 101 Å². The Morgan fingerprint density at radius 2 is 1.82 bits per heavy atom. The highest BCUT2D eigenvalue weighted by molar-refractivity contribution is 7.90. The van der Waals surface area contributed by atoms with Crippen molar-refractivity contribution in [1.82, 2.24) is 9.97 Å². The van der Waals surface area contributed by atoms with Gasteiger partial charge in [-0.05, 0) is 48.7 Å². The van der Waals surface area contributed by atoms with Crippen molar-refractivity contribution in [3.05, 3.63) is 35.6 Å². The lowest BCUT2D eigenvalue weighted by molar-refractivity contribution is -0.118. The van der Waals surface area contributed by atoms with Gasteiger partial charge in [0.2, 0.25) is 5.91 Å². The molecule has 0 bridgehead atoms. The Labute approximate surface area is 233 Å². The number of sulfone groups is 1. The highest BCUT2D eigenvalue weighted by Crippen LogP contribution is 2.33. The number of hydrogen-bond donors (Lipinski definition) is 1. The molecular weight excluding hydrogens is 540 g/mol. The summed E-state index contributed by atoms with van der Waals surface area (Å²) in [6.07, 6.45) is 10.2. The van der Waals surface area contributed by atoms with Gasteiger partial charge in [0.05, 0.1) is 34.6 Å². The zero-order chi connectivity index (χ0) is 27.8. The number of aromatic nitrogens is 2. The van der Waals surface area contributed by atoms with Crippen LogP contribution in [-0.2, 0) is 19.1 Å². The van der Waals surface area contributed by atoms with E-state index in [0.29, 0.717) is 42.8 Å². The SMILES string of the molecule is CC[Si](CC)(CC)OCCNc1cnc(N(C(=O)CCC2CCCC2)c2ccc(S(C)(=O)=O)c(Cl)c2)cn1. The summed E-state index contributed by atoms with van der Waals surface area (Å²) in [4.78, 5) is 23.9. The summed E-state index contributed by atoms with van der Waals surface area (Å²) < 4.78 is 30.4. The average molecular weight is 581 g/mol. The van der Waals surface area contributed by atoms with Crippen LogP contribution in [0.5, 0.6) is 0 Å². The molecule has 1 heterocycles. The Hall–Kier alpha value is -2.01. The molecule has 1 fully saturated rings. The molecule has 1 N–H and O–H groups in total. The fraction of sp³-hybridized carbons (Fsp3) is 0.593. The van der Waals surface area contributed by atoms with Gasteiger partial charge in [0.15, 0.2) is 24.0 Å². The van der Waals surface area contributed by atoms with Crippen LogP contribution in [0.2, 0.25) is 23.2 Å². The van der Waals surface area contributed by atoms with E-state index in [2.05, 4.69) is 36.1 Å². The van der Waals surface area contributed by atoms with Gasteiger partial charge in [0.25, 0.3) is 0 Å². The molecule has 0 saturated heterocycles. The molecule has 1 saturated carbocycles. The van der Waals surface area contributed by atoms with Crippen molar-refractivity contribution < 1.29 is 17.6 Å². The van der Waals surface area contributed by atoms with Gasteiger partial charge < -0.3 is 9.74 Å². The number of nitrogens with zero attached hydrogens (tertiary/aromatic N) is 3. The first-order chi connectivity index (χ1) is 18.1. The van der Waals surface area contributed by atoms with Gasteiger partial charge in [-0.25, -0.2) is 18.4 Å². The highest BCUT2D eigenvalue weighted by Gasteiger charge is 2.28. The lowest BCUT2D eigenvalue weighted by atomic mass is 10.0. The minimum Gasteiger partial charge on any atom is -0.415 e. The van der Waals surface area contributed by atoms with Crippen molar-refractivity contribution in [2.45, 2.75) is 82.3 Å². The smallest absolute Gasteiger partial charge is 0.232 e. The first-order valence-electron chi connectivity index (χ1n) is 13.6. The van der Waals surface area contributed by atoms with E-state index in [1.807, 2.05) is 0 Å². The standard InChI is InChI=1S/C27H41ClN4O4SSi/c1-5-38(6-2,7-3)36-17-16-29-25-19-31-26(20-30-25)32(27(33)15-12-21-10-8-9-11-21)22-13-14-24(23(28)18-22)37(4,34)35/h13-14,18-21H,5-12,15-17H2,1-4H3,(H,29,30). The van der Waals surface area contributed by atoms with E-state index in [-0.39, 0.29) is 15.8 Å². The molecule has 0 atom stereocenters. The number of rotatable bonds is 14. The number of nitrogens with one attached hydrogen (secondary N) is 1. The van der Waals surface area contributed by atoms with Crippen molar-refractivity contribution in [2.75, 3.05) is 29.6 Å². The zero-order valence-electron chi connectivity index (χ0n) is 23.0. The normalized spacial score (nSPS) is 14.6. The maximum absolute atomic E-state index is 13.4. The van der Waals surface area contributed by atoms with Gasteiger partial charge in [-0.15, -0.1) is 0 Å². The summed E-state index contributed by atoms with van der Waals surface area (Å²) in [6, 6.07) is 7.84. The van der Waals surface area contributed by atoms with E-state index in [1.165, 1.54) is 29.9 Å². The number of hydrogen-bond acceptors (Lipinski definition) is 7. The summed E-state index contributed by atoms with van der Waals surface area (Å²) in [5, 5.41) is 3.32. The maximum Gasteiger partial charge on any atom is 0.232 e. The van der Waals surface area contributed by atoms with Gasteiger partial charge in [-0.2, -0.15) is 0 Å².